The van der Waals surface area contributed by atoms with Gasteiger partial charge in [0.25, 0.3) is 0 Å². The Bertz CT molecular complexity index is 984. The van der Waals surface area contributed by atoms with Crippen LogP contribution in [0.4, 0.5) is 0 Å². The van der Waals surface area contributed by atoms with Crippen LogP contribution in [0.15, 0.2) is 84.0 Å². The molecule has 0 spiro atoms. The average molecular weight is 405 g/mol. The smallest absolute Gasteiger partial charge is 0.307 e. The molecule has 0 unspecified atom stereocenters. The van der Waals surface area contributed by atoms with Crippen LogP contribution >= 0.6 is 0 Å². The summed E-state index contributed by atoms with van der Waals surface area (Å²) in [6.07, 6.45) is -0.0223. The highest BCUT2D eigenvalue weighted by molar-refractivity contribution is 6.01. The molecule has 0 aliphatic rings. The largest absolute Gasteiger partial charge is 0.487 e. The number of hydrogen-bond acceptors (Lipinski definition) is 5. The van der Waals surface area contributed by atoms with Gasteiger partial charge in [-0.2, -0.15) is 0 Å². The lowest BCUT2D eigenvalue weighted by Gasteiger charge is -2.11. The van der Waals surface area contributed by atoms with Gasteiger partial charge in [-0.1, -0.05) is 47.6 Å². The van der Waals surface area contributed by atoms with Gasteiger partial charge < -0.3 is 19.4 Å². The van der Waals surface area contributed by atoms with Crippen LogP contribution in [0.1, 0.15) is 18.1 Å². The molecule has 30 heavy (non-hydrogen) atoms. The zero-order valence-electron chi connectivity index (χ0n) is 16.7. The number of aliphatic carboxylic acids is 1. The number of carboxylic acids is 1. The van der Waals surface area contributed by atoms with E-state index in [1.165, 1.54) is 0 Å². The molecule has 6 nitrogen and oxygen atoms in total. The summed E-state index contributed by atoms with van der Waals surface area (Å²) in [5, 5.41) is 13.1. The van der Waals surface area contributed by atoms with Crippen molar-refractivity contribution in [3.8, 4) is 17.2 Å². The molecule has 154 valence electrons. The number of benzene rings is 3. The van der Waals surface area contributed by atoms with Gasteiger partial charge in [-0.15, -0.1) is 0 Å². The summed E-state index contributed by atoms with van der Waals surface area (Å²) in [5.41, 5.74) is 2.15. The lowest BCUT2D eigenvalue weighted by Crippen LogP contribution is -2.14. The quantitative estimate of drug-likeness (QED) is 0.382. The summed E-state index contributed by atoms with van der Waals surface area (Å²) in [4.78, 5) is 16.1. The topological polar surface area (TPSA) is 77.4 Å². The summed E-state index contributed by atoms with van der Waals surface area (Å²) in [6, 6.07) is 24.0. The van der Waals surface area contributed by atoms with Crippen LogP contribution in [0.25, 0.3) is 0 Å². The van der Waals surface area contributed by atoms with Gasteiger partial charge in [0.1, 0.15) is 36.2 Å². The molecule has 1 N–H and O–H groups in total. The van der Waals surface area contributed by atoms with E-state index in [0.717, 1.165) is 11.3 Å². The Morgan fingerprint density at radius 2 is 1.63 bits per heavy atom. The Labute approximate surface area is 175 Å². The molecule has 0 aliphatic carbocycles. The first kappa shape index (κ1) is 20.9. The molecule has 0 heterocycles. The minimum absolute atomic E-state index is 0.0223. The highest BCUT2D eigenvalue weighted by Gasteiger charge is 2.09. The van der Waals surface area contributed by atoms with Gasteiger partial charge in [0.15, 0.2) is 0 Å². The van der Waals surface area contributed by atoms with Crippen LogP contribution in [0.3, 0.4) is 0 Å². The summed E-state index contributed by atoms with van der Waals surface area (Å²) < 4.78 is 11.7. The van der Waals surface area contributed by atoms with Crippen molar-refractivity contribution < 1.29 is 24.2 Å². The molecule has 0 amide bonds. The number of hydrogen-bond donors (Lipinski definition) is 1. The second-order valence-electron chi connectivity index (χ2n) is 6.40. The molecule has 3 rings (SSSR count). The normalized spacial score (nSPS) is 11.0. The Morgan fingerprint density at radius 1 is 0.900 bits per heavy atom. The van der Waals surface area contributed by atoms with E-state index in [1.54, 1.807) is 24.3 Å². The van der Waals surface area contributed by atoms with Crippen molar-refractivity contribution in [3.05, 3.63) is 90.0 Å². The van der Waals surface area contributed by atoms with Crippen molar-refractivity contribution in [2.45, 2.75) is 13.3 Å². The molecule has 0 saturated carbocycles. The van der Waals surface area contributed by atoms with E-state index in [4.69, 9.17) is 19.4 Å². The van der Waals surface area contributed by atoms with Crippen LogP contribution in [0.2, 0.25) is 0 Å². The molecule has 0 radical (unpaired) electrons. The second-order valence-corrected chi connectivity index (χ2v) is 6.40. The molecule has 0 aromatic heterocycles. The standard InChI is InChI=1S/C24H23NO5/c1-2-29-25-23(17-28-20-13-11-18(12-14-20)15-24(26)27)19-7-6-10-22(16-19)30-21-8-4-3-5-9-21/h3-14,16H,2,15,17H2,1H3,(H,26,27). The molecular weight excluding hydrogens is 382 g/mol. The molecule has 0 atom stereocenters. The lowest BCUT2D eigenvalue weighted by atomic mass is 10.1. The fourth-order valence-corrected chi connectivity index (χ4v) is 2.70. The molecule has 3 aromatic rings. The number of carboxylic acid groups (broad SMARTS) is 1. The Balaban J connectivity index is 1.71. The third kappa shape index (κ3) is 6.38. The monoisotopic (exact) mass is 405 g/mol. The SMILES string of the molecule is CCON=C(COc1ccc(CC(=O)O)cc1)c1cccc(Oc2ccccc2)c1. The van der Waals surface area contributed by atoms with E-state index in [2.05, 4.69) is 5.16 Å². The van der Waals surface area contributed by atoms with Crippen molar-refractivity contribution in [1.82, 2.24) is 0 Å². The van der Waals surface area contributed by atoms with E-state index >= 15 is 0 Å². The minimum Gasteiger partial charge on any atom is -0.487 e. The summed E-state index contributed by atoms with van der Waals surface area (Å²) in [6.45, 7) is 2.48. The van der Waals surface area contributed by atoms with Crippen LogP contribution in [0, 0.1) is 0 Å². The third-order valence-corrected chi connectivity index (χ3v) is 4.10. The number of oxime groups is 1. The maximum Gasteiger partial charge on any atom is 0.307 e. The van der Waals surface area contributed by atoms with E-state index in [9.17, 15) is 4.79 Å². The third-order valence-electron chi connectivity index (χ3n) is 4.10. The van der Waals surface area contributed by atoms with Crippen LogP contribution in [-0.4, -0.2) is 30.0 Å². The zero-order chi connectivity index (χ0) is 21.2. The first-order valence-corrected chi connectivity index (χ1v) is 9.59. The first-order chi connectivity index (χ1) is 14.6. The number of rotatable bonds is 10. The van der Waals surface area contributed by atoms with Gasteiger partial charge >= 0.3 is 5.97 Å². The van der Waals surface area contributed by atoms with Gasteiger partial charge in [0.05, 0.1) is 6.42 Å². The summed E-state index contributed by atoms with van der Waals surface area (Å²) in [7, 11) is 0. The molecule has 0 saturated heterocycles. The first-order valence-electron chi connectivity index (χ1n) is 9.59. The average Bonchev–Trinajstić information content (AvgIpc) is 2.75. The van der Waals surface area contributed by atoms with Gasteiger partial charge in [-0.3, -0.25) is 4.79 Å². The Morgan fingerprint density at radius 3 is 2.33 bits per heavy atom. The van der Waals surface area contributed by atoms with Gasteiger partial charge in [0.2, 0.25) is 0 Å². The molecule has 0 aliphatic heterocycles. The van der Waals surface area contributed by atoms with Crippen molar-refractivity contribution in [2.75, 3.05) is 13.2 Å². The summed E-state index contributed by atoms with van der Waals surface area (Å²) in [5.74, 6) is 1.18. The number of para-hydroxylation sites is 1. The Kier molecular flexibility index (Phi) is 7.44. The fraction of sp³-hybridized carbons (Fsp3) is 0.167. The van der Waals surface area contributed by atoms with Gasteiger partial charge in [-0.05, 0) is 48.9 Å². The summed E-state index contributed by atoms with van der Waals surface area (Å²) >= 11 is 0. The van der Waals surface area contributed by atoms with Crippen molar-refractivity contribution in [3.63, 3.8) is 0 Å². The van der Waals surface area contributed by atoms with Gasteiger partial charge in [-0.25, -0.2) is 0 Å². The van der Waals surface area contributed by atoms with E-state index < -0.39 is 5.97 Å². The van der Waals surface area contributed by atoms with Crippen LogP contribution < -0.4 is 9.47 Å². The van der Waals surface area contributed by atoms with Gasteiger partial charge in [0, 0.05) is 5.56 Å². The highest BCUT2D eigenvalue weighted by atomic mass is 16.6. The van der Waals surface area contributed by atoms with Crippen molar-refractivity contribution in [1.29, 1.82) is 0 Å². The Hall–Kier alpha value is -3.80. The van der Waals surface area contributed by atoms with Crippen molar-refractivity contribution >= 4 is 11.7 Å². The molecule has 0 bridgehead atoms. The number of ether oxygens (including phenoxy) is 2. The molecule has 6 heteroatoms. The maximum atomic E-state index is 10.8. The number of nitrogens with zero attached hydrogens (tertiary/aromatic N) is 1. The lowest BCUT2D eigenvalue weighted by molar-refractivity contribution is -0.136. The highest BCUT2D eigenvalue weighted by Crippen LogP contribution is 2.22. The van der Waals surface area contributed by atoms with E-state index in [0.29, 0.717) is 29.4 Å². The van der Waals surface area contributed by atoms with Crippen LogP contribution in [-0.2, 0) is 16.1 Å². The predicted molar refractivity (Wildman–Crippen MR) is 114 cm³/mol. The maximum absolute atomic E-state index is 10.8. The van der Waals surface area contributed by atoms with E-state index in [-0.39, 0.29) is 13.0 Å². The molecule has 3 aromatic carbocycles. The van der Waals surface area contributed by atoms with Crippen LogP contribution in [0.5, 0.6) is 17.2 Å². The minimum atomic E-state index is -0.868. The zero-order valence-corrected chi connectivity index (χ0v) is 16.7. The second kappa shape index (κ2) is 10.7. The molecule has 0 fully saturated rings. The number of carbonyl (C=O) groups is 1. The van der Waals surface area contributed by atoms with E-state index in [1.807, 2.05) is 61.5 Å². The molecular formula is C24H23NO5. The predicted octanol–water partition coefficient (Wildman–Crippen LogP) is 4.93. The van der Waals surface area contributed by atoms with Crippen molar-refractivity contribution in [2.24, 2.45) is 5.16 Å². The fourth-order valence-electron chi connectivity index (χ4n) is 2.70.